The van der Waals surface area contributed by atoms with E-state index >= 15 is 0 Å². The van der Waals surface area contributed by atoms with Crippen molar-refractivity contribution in [3.05, 3.63) is 42.1 Å². The molecule has 0 saturated heterocycles. The van der Waals surface area contributed by atoms with Crippen LogP contribution in [-0.4, -0.2) is 34.3 Å². The zero-order valence-electron chi connectivity index (χ0n) is 14.6. The van der Waals surface area contributed by atoms with Crippen molar-refractivity contribution in [3.63, 3.8) is 0 Å². The average molecular weight is 357 g/mol. The number of ketones is 1. The second kappa shape index (κ2) is 6.40. The molecule has 25 heavy (non-hydrogen) atoms. The smallest absolute Gasteiger partial charge is 0.293 e. The Morgan fingerprint density at radius 1 is 1.40 bits per heavy atom. The minimum atomic E-state index is -0.679. The van der Waals surface area contributed by atoms with Crippen molar-refractivity contribution >= 4 is 28.0 Å². The number of pyridine rings is 1. The van der Waals surface area contributed by atoms with Gasteiger partial charge in [0.2, 0.25) is 0 Å². The van der Waals surface area contributed by atoms with Crippen LogP contribution in [0.1, 0.15) is 26.0 Å². The minimum Gasteiger partial charge on any atom is -0.481 e. The normalized spacial score (nSPS) is 16.2. The van der Waals surface area contributed by atoms with Gasteiger partial charge in [0.1, 0.15) is 15.6 Å². The molecule has 0 N–H and O–H groups in total. The summed E-state index contributed by atoms with van der Waals surface area (Å²) in [6.07, 6.45) is 4.98. The summed E-state index contributed by atoms with van der Waals surface area (Å²) in [6.45, 7) is 5.44. The molecule has 0 unspecified atom stereocenters. The fourth-order valence-corrected chi connectivity index (χ4v) is 3.67. The Kier molecular flexibility index (Phi) is 4.43. The molecule has 3 heterocycles. The summed E-state index contributed by atoms with van der Waals surface area (Å²) < 4.78 is 5.70. The number of anilines is 1. The molecular formula is C18H19N3O3S. The number of rotatable bonds is 3. The van der Waals surface area contributed by atoms with E-state index in [0.29, 0.717) is 5.00 Å². The molecule has 0 fully saturated rings. The minimum absolute atomic E-state index is 0.0690. The number of amides is 1. The Labute approximate surface area is 150 Å². The third-order valence-electron chi connectivity index (χ3n) is 3.78. The van der Waals surface area contributed by atoms with Gasteiger partial charge in [-0.25, -0.2) is 4.98 Å². The van der Waals surface area contributed by atoms with E-state index in [4.69, 9.17) is 4.74 Å². The molecule has 1 aliphatic rings. The van der Waals surface area contributed by atoms with Crippen LogP contribution in [0.25, 0.3) is 10.6 Å². The molecule has 0 saturated carbocycles. The Morgan fingerprint density at radius 3 is 2.80 bits per heavy atom. The Bertz CT molecular complexity index is 856. The number of aromatic nitrogens is 2. The van der Waals surface area contributed by atoms with Crippen LogP contribution < -0.4 is 4.90 Å². The Hall–Kier alpha value is -2.54. The van der Waals surface area contributed by atoms with Crippen LogP contribution >= 0.6 is 11.3 Å². The first-order chi connectivity index (χ1) is 11.8. The molecule has 1 amide bonds. The highest BCUT2D eigenvalue weighted by Gasteiger charge is 2.33. The highest BCUT2D eigenvalue weighted by atomic mass is 32.1. The van der Waals surface area contributed by atoms with Gasteiger partial charge < -0.3 is 4.74 Å². The summed E-state index contributed by atoms with van der Waals surface area (Å²) in [5.74, 6) is -0.393. The van der Waals surface area contributed by atoms with Crippen molar-refractivity contribution < 1.29 is 14.3 Å². The number of likely N-dealkylation sites (N-methyl/N-ethyl adjacent to an activating group) is 1. The van der Waals surface area contributed by atoms with Crippen LogP contribution in [0.2, 0.25) is 0 Å². The van der Waals surface area contributed by atoms with Gasteiger partial charge in [0, 0.05) is 37.5 Å². The first-order valence-electron chi connectivity index (χ1n) is 7.86. The first-order valence-corrected chi connectivity index (χ1v) is 8.68. The number of ether oxygens (including phenoxy) is 1. The molecule has 0 spiro atoms. The second-order valence-electron chi connectivity index (χ2n) is 6.53. The summed E-state index contributed by atoms with van der Waals surface area (Å²) in [6, 6.07) is 3.76. The van der Waals surface area contributed by atoms with E-state index in [2.05, 4.69) is 9.97 Å². The molecule has 6 nitrogen and oxygen atoms in total. The van der Waals surface area contributed by atoms with E-state index in [-0.39, 0.29) is 23.9 Å². The van der Waals surface area contributed by atoms with Crippen LogP contribution in [0.5, 0.6) is 0 Å². The molecule has 0 bridgehead atoms. The predicted octanol–water partition coefficient (Wildman–Crippen LogP) is 3.13. The van der Waals surface area contributed by atoms with Crippen molar-refractivity contribution in [2.45, 2.75) is 32.8 Å². The molecule has 2 aromatic rings. The monoisotopic (exact) mass is 357 g/mol. The zero-order chi connectivity index (χ0) is 18.2. The SMILES string of the molecule is Cc1nc(-c2cccnc2)sc1N(C)C(=O)C1=CC(=O)CC(C)(C)O1. The molecule has 0 aliphatic carbocycles. The van der Waals surface area contributed by atoms with Gasteiger partial charge in [0.25, 0.3) is 5.91 Å². The number of aryl methyl sites for hydroxylation is 1. The number of allylic oxidation sites excluding steroid dienone is 1. The molecule has 130 valence electrons. The topological polar surface area (TPSA) is 72.4 Å². The van der Waals surface area contributed by atoms with E-state index < -0.39 is 5.60 Å². The summed E-state index contributed by atoms with van der Waals surface area (Å²) in [7, 11) is 1.66. The van der Waals surface area contributed by atoms with Gasteiger partial charge in [-0.1, -0.05) is 11.3 Å². The van der Waals surface area contributed by atoms with E-state index in [1.54, 1.807) is 33.3 Å². The standard InChI is InChI=1S/C18H19N3O3S/c1-11-17(25-15(20-11)12-6-5-7-19-10-12)21(4)16(23)14-8-13(22)9-18(2,3)24-14/h5-8,10H,9H2,1-4H3. The van der Waals surface area contributed by atoms with E-state index in [0.717, 1.165) is 16.3 Å². The van der Waals surface area contributed by atoms with Crippen molar-refractivity contribution in [1.29, 1.82) is 0 Å². The molecule has 3 rings (SSSR count). The maximum absolute atomic E-state index is 12.8. The number of thiazole rings is 1. The predicted molar refractivity (Wildman–Crippen MR) is 96.4 cm³/mol. The number of nitrogens with zero attached hydrogens (tertiary/aromatic N) is 3. The maximum Gasteiger partial charge on any atom is 0.293 e. The van der Waals surface area contributed by atoms with Gasteiger partial charge in [-0.05, 0) is 32.9 Å². The average Bonchev–Trinajstić information content (AvgIpc) is 2.94. The molecular weight excluding hydrogens is 338 g/mol. The number of carbonyl (C=O) groups is 2. The molecule has 0 aromatic carbocycles. The highest BCUT2D eigenvalue weighted by Crippen LogP contribution is 2.35. The summed E-state index contributed by atoms with van der Waals surface area (Å²) in [4.78, 5) is 34.7. The molecule has 0 radical (unpaired) electrons. The number of hydrogen-bond donors (Lipinski definition) is 0. The maximum atomic E-state index is 12.8. The third kappa shape index (κ3) is 3.61. The van der Waals surface area contributed by atoms with Gasteiger partial charge in [0.15, 0.2) is 11.5 Å². The number of carbonyl (C=O) groups excluding carboxylic acids is 2. The molecule has 0 atom stereocenters. The first kappa shape index (κ1) is 17.3. The van der Waals surface area contributed by atoms with Crippen LogP contribution in [0.4, 0.5) is 5.00 Å². The molecule has 1 aliphatic heterocycles. The molecule has 2 aromatic heterocycles. The van der Waals surface area contributed by atoms with Gasteiger partial charge in [-0.3, -0.25) is 19.5 Å². The van der Waals surface area contributed by atoms with Crippen molar-refractivity contribution in [3.8, 4) is 10.6 Å². The highest BCUT2D eigenvalue weighted by molar-refractivity contribution is 7.19. The van der Waals surface area contributed by atoms with Crippen LogP contribution in [0.3, 0.4) is 0 Å². The lowest BCUT2D eigenvalue weighted by Crippen LogP contribution is -2.37. The zero-order valence-corrected chi connectivity index (χ0v) is 15.4. The number of hydrogen-bond acceptors (Lipinski definition) is 6. The lowest BCUT2D eigenvalue weighted by atomic mass is 9.98. The lowest BCUT2D eigenvalue weighted by Gasteiger charge is -2.31. The van der Waals surface area contributed by atoms with Gasteiger partial charge >= 0.3 is 0 Å². The fraction of sp³-hybridized carbons (Fsp3) is 0.333. The van der Waals surface area contributed by atoms with Crippen LogP contribution in [0.15, 0.2) is 36.4 Å². The third-order valence-corrected chi connectivity index (χ3v) is 5.06. The summed E-state index contributed by atoms with van der Waals surface area (Å²) in [5, 5.41) is 1.50. The Balaban J connectivity index is 1.88. The van der Waals surface area contributed by atoms with Crippen molar-refractivity contribution in [2.75, 3.05) is 11.9 Å². The fourth-order valence-electron chi connectivity index (χ4n) is 2.66. The van der Waals surface area contributed by atoms with Crippen LogP contribution in [0, 0.1) is 6.92 Å². The summed E-state index contributed by atoms with van der Waals surface area (Å²) >= 11 is 1.40. The molecule has 7 heteroatoms. The Morgan fingerprint density at radius 2 is 2.16 bits per heavy atom. The van der Waals surface area contributed by atoms with Crippen molar-refractivity contribution in [2.24, 2.45) is 0 Å². The lowest BCUT2D eigenvalue weighted by molar-refractivity contribution is -0.129. The van der Waals surface area contributed by atoms with Gasteiger partial charge in [-0.15, -0.1) is 0 Å². The quantitative estimate of drug-likeness (QED) is 0.844. The summed E-state index contributed by atoms with van der Waals surface area (Å²) in [5.41, 5.74) is 0.954. The van der Waals surface area contributed by atoms with E-state index in [9.17, 15) is 9.59 Å². The van der Waals surface area contributed by atoms with E-state index in [1.165, 1.54) is 22.3 Å². The van der Waals surface area contributed by atoms with E-state index in [1.807, 2.05) is 19.1 Å². The van der Waals surface area contributed by atoms with Crippen LogP contribution in [-0.2, 0) is 14.3 Å². The second-order valence-corrected chi connectivity index (χ2v) is 7.51. The largest absolute Gasteiger partial charge is 0.481 e. The van der Waals surface area contributed by atoms with Crippen molar-refractivity contribution in [1.82, 2.24) is 9.97 Å². The van der Waals surface area contributed by atoms with Gasteiger partial charge in [-0.2, -0.15) is 0 Å². The van der Waals surface area contributed by atoms with Gasteiger partial charge in [0.05, 0.1) is 5.69 Å².